The molecule has 1 fully saturated rings. The fourth-order valence-electron chi connectivity index (χ4n) is 3.03. The molecule has 120 valence electrons. The molecule has 0 aliphatic carbocycles. The predicted molar refractivity (Wildman–Crippen MR) is 86.1 cm³/mol. The number of nitrogens with zero attached hydrogens (tertiary/aromatic N) is 1. The average molecular weight is 303 g/mol. The number of hydrogen-bond donors (Lipinski definition) is 1. The number of carbonyl (C=O) groups excluding carboxylic acids is 1. The molecule has 4 nitrogen and oxygen atoms in total. The van der Waals surface area contributed by atoms with Gasteiger partial charge in [0, 0.05) is 24.6 Å². The lowest BCUT2D eigenvalue weighted by Gasteiger charge is -2.35. The first-order chi connectivity index (χ1) is 10.5. The van der Waals surface area contributed by atoms with Crippen LogP contribution < -0.4 is 0 Å². The summed E-state index contributed by atoms with van der Waals surface area (Å²) < 4.78 is 0. The Morgan fingerprint density at radius 3 is 2.50 bits per heavy atom. The molecule has 1 aromatic rings. The molecule has 0 spiro atoms. The summed E-state index contributed by atoms with van der Waals surface area (Å²) in [5.74, 6) is -0.313. The molecule has 2 rings (SSSR count). The van der Waals surface area contributed by atoms with Crippen molar-refractivity contribution in [1.82, 2.24) is 4.90 Å². The zero-order valence-corrected chi connectivity index (χ0v) is 13.4. The zero-order chi connectivity index (χ0) is 16.1. The highest BCUT2D eigenvalue weighted by Gasteiger charge is 2.27. The number of carbonyl (C=O) groups is 2. The van der Waals surface area contributed by atoms with Crippen molar-refractivity contribution in [1.29, 1.82) is 0 Å². The smallest absolute Gasteiger partial charge is 0.303 e. The van der Waals surface area contributed by atoms with E-state index in [0.717, 1.165) is 25.8 Å². The summed E-state index contributed by atoms with van der Waals surface area (Å²) in [6, 6.07) is 7.85. The van der Waals surface area contributed by atoms with Gasteiger partial charge >= 0.3 is 5.97 Å². The molecule has 1 atom stereocenters. The fourth-order valence-corrected chi connectivity index (χ4v) is 3.03. The van der Waals surface area contributed by atoms with Crippen molar-refractivity contribution in [2.75, 3.05) is 6.54 Å². The molecule has 22 heavy (non-hydrogen) atoms. The van der Waals surface area contributed by atoms with Crippen LogP contribution in [0.15, 0.2) is 24.3 Å². The molecule has 0 radical (unpaired) electrons. The van der Waals surface area contributed by atoms with Crippen molar-refractivity contribution in [3.63, 3.8) is 0 Å². The lowest BCUT2D eigenvalue weighted by Crippen LogP contribution is -2.44. The third-order valence-electron chi connectivity index (χ3n) is 4.40. The Morgan fingerprint density at radius 1 is 1.23 bits per heavy atom. The van der Waals surface area contributed by atoms with Gasteiger partial charge in [-0.3, -0.25) is 9.59 Å². The summed E-state index contributed by atoms with van der Waals surface area (Å²) in [6.07, 6.45) is 3.65. The van der Waals surface area contributed by atoms with Gasteiger partial charge in [-0.1, -0.05) is 26.0 Å². The van der Waals surface area contributed by atoms with E-state index in [0.29, 0.717) is 17.9 Å². The van der Waals surface area contributed by atoms with Crippen LogP contribution in [-0.4, -0.2) is 34.5 Å². The van der Waals surface area contributed by atoms with Crippen molar-refractivity contribution in [3.05, 3.63) is 35.4 Å². The third kappa shape index (κ3) is 4.09. The van der Waals surface area contributed by atoms with Crippen LogP contribution in [0.5, 0.6) is 0 Å². The minimum absolute atomic E-state index is 0.0328. The molecule has 0 saturated carbocycles. The fraction of sp³-hybridized carbons (Fsp3) is 0.556. The Hall–Kier alpha value is -1.84. The van der Waals surface area contributed by atoms with E-state index < -0.39 is 5.97 Å². The van der Waals surface area contributed by atoms with Gasteiger partial charge in [-0.2, -0.15) is 0 Å². The van der Waals surface area contributed by atoms with E-state index >= 15 is 0 Å². The first-order valence-electron chi connectivity index (χ1n) is 8.11. The maximum atomic E-state index is 12.7. The van der Waals surface area contributed by atoms with E-state index in [4.69, 9.17) is 5.11 Å². The summed E-state index contributed by atoms with van der Waals surface area (Å²) in [6.45, 7) is 4.99. The molecule has 1 unspecified atom stereocenters. The van der Waals surface area contributed by atoms with E-state index in [9.17, 15) is 9.59 Å². The lowest BCUT2D eigenvalue weighted by molar-refractivity contribution is -0.137. The van der Waals surface area contributed by atoms with Crippen molar-refractivity contribution in [3.8, 4) is 0 Å². The van der Waals surface area contributed by atoms with Crippen molar-refractivity contribution in [2.45, 2.75) is 57.9 Å². The number of piperidine rings is 1. The SMILES string of the molecule is CC(C)c1ccc(C(=O)N2CCCCC2CCC(=O)O)cc1. The number of carboxylic acid groups (broad SMARTS) is 1. The molecule has 1 saturated heterocycles. The highest BCUT2D eigenvalue weighted by molar-refractivity contribution is 5.94. The number of hydrogen-bond acceptors (Lipinski definition) is 2. The van der Waals surface area contributed by atoms with E-state index in [2.05, 4.69) is 13.8 Å². The van der Waals surface area contributed by atoms with Crippen molar-refractivity contribution >= 4 is 11.9 Å². The maximum Gasteiger partial charge on any atom is 0.303 e. The molecule has 1 aliphatic heterocycles. The number of benzene rings is 1. The minimum atomic E-state index is -0.792. The van der Waals surface area contributed by atoms with Gasteiger partial charge < -0.3 is 10.0 Å². The van der Waals surface area contributed by atoms with Gasteiger partial charge in [0.25, 0.3) is 5.91 Å². The van der Waals surface area contributed by atoms with Crippen molar-refractivity contribution < 1.29 is 14.7 Å². The van der Waals surface area contributed by atoms with Crippen LogP contribution in [0.4, 0.5) is 0 Å². The third-order valence-corrected chi connectivity index (χ3v) is 4.40. The van der Waals surface area contributed by atoms with E-state index in [1.54, 1.807) is 0 Å². The molecule has 1 aliphatic rings. The Kier molecular flexibility index (Phi) is 5.58. The minimum Gasteiger partial charge on any atom is -0.481 e. The first kappa shape index (κ1) is 16.5. The summed E-state index contributed by atoms with van der Waals surface area (Å²) in [7, 11) is 0. The van der Waals surface area contributed by atoms with Crippen LogP contribution >= 0.6 is 0 Å². The van der Waals surface area contributed by atoms with E-state index in [-0.39, 0.29) is 18.4 Å². The quantitative estimate of drug-likeness (QED) is 0.903. The highest BCUT2D eigenvalue weighted by atomic mass is 16.4. The molecule has 1 amide bonds. The Labute approximate surface area is 132 Å². The van der Waals surface area contributed by atoms with Gasteiger partial charge in [-0.05, 0) is 49.3 Å². The van der Waals surface area contributed by atoms with Gasteiger partial charge in [0.2, 0.25) is 0 Å². The number of likely N-dealkylation sites (tertiary alicyclic amines) is 1. The average Bonchev–Trinajstić information content (AvgIpc) is 2.52. The Balaban J connectivity index is 2.09. The van der Waals surface area contributed by atoms with Gasteiger partial charge in [-0.25, -0.2) is 0 Å². The Bertz CT molecular complexity index is 522. The standard InChI is InChI=1S/C18H25NO3/c1-13(2)14-6-8-15(9-7-14)18(22)19-12-4-3-5-16(19)10-11-17(20)21/h6-9,13,16H,3-5,10-12H2,1-2H3,(H,20,21). The van der Waals surface area contributed by atoms with Crippen LogP contribution in [0, 0.1) is 0 Å². The number of carboxylic acids is 1. The topological polar surface area (TPSA) is 57.6 Å². The second kappa shape index (κ2) is 7.43. The molecule has 0 aromatic heterocycles. The van der Waals surface area contributed by atoms with Gasteiger partial charge in [-0.15, -0.1) is 0 Å². The molecule has 0 bridgehead atoms. The predicted octanol–water partition coefficient (Wildman–Crippen LogP) is 3.67. The van der Waals surface area contributed by atoms with Crippen molar-refractivity contribution in [2.24, 2.45) is 0 Å². The number of amides is 1. The maximum absolute atomic E-state index is 12.7. The summed E-state index contributed by atoms with van der Waals surface area (Å²) in [5.41, 5.74) is 1.92. The number of aliphatic carboxylic acids is 1. The van der Waals surface area contributed by atoms with Crippen LogP contribution in [0.1, 0.15) is 67.8 Å². The first-order valence-corrected chi connectivity index (χ1v) is 8.11. The van der Waals surface area contributed by atoms with Crippen LogP contribution in [-0.2, 0) is 4.79 Å². The van der Waals surface area contributed by atoms with Crippen LogP contribution in [0.25, 0.3) is 0 Å². The van der Waals surface area contributed by atoms with Gasteiger partial charge in [0.05, 0.1) is 0 Å². The van der Waals surface area contributed by atoms with Crippen LogP contribution in [0.3, 0.4) is 0 Å². The molecule has 1 heterocycles. The largest absolute Gasteiger partial charge is 0.481 e. The normalized spacial score (nSPS) is 18.5. The summed E-state index contributed by atoms with van der Waals surface area (Å²) >= 11 is 0. The molecule has 4 heteroatoms. The molecular weight excluding hydrogens is 278 g/mol. The second-order valence-electron chi connectivity index (χ2n) is 6.36. The molecule has 1 N–H and O–H groups in total. The highest BCUT2D eigenvalue weighted by Crippen LogP contribution is 2.24. The summed E-state index contributed by atoms with van der Waals surface area (Å²) in [4.78, 5) is 25.4. The van der Waals surface area contributed by atoms with E-state index in [1.807, 2.05) is 29.2 Å². The number of rotatable bonds is 5. The second-order valence-corrected chi connectivity index (χ2v) is 6.36. The summed E-state index contributed by atoms with van der Waals surface area (Å²) in [5, 5.41) is 8.87. The molecule has 1 aromatic carbocycles. The lowest BCUT2D eigenvalue weighted by atomic mass is 9.96. The van der Waals surface area contributed by atoms with Crippen LogP contribution in [0.2, 0.25) is 0 Å². The van der Waals surface area contributed by atoms with Gasteiger partial charge in [0.15, 0.2) is 0 Å². The monoisotopic (exact) mass is 303 g/mol. The zero-order valence-electron chi connectivity index (χ0n) is 13.4. The van der Waals surface area contributed by atoms with E-state index in [1.165, 1.54) is 5.56 Å². The molecular formula is C18H25NO3. The Morgan fingerprint density at radius 2 is 1.91 bits per heavy atom. The van der Waals surface area contributed by atoms with Gasteiger partial charge in [0.1, 0.15) is 0 Å².